The summed E-state index contributed by atoms with van der Waals surface area (Å²) in [6.45, 7) is 9.07. The van der Waals surface area contributed by atoms with Crippen LogP contribution in [0.25, 0.3) is 0 Å². The lowest BCUT2D eigenvalue weighted by Crippen LogP contribution is -2.35. The largest absolute Gasteiger partial charge is 0.379 e. The van der Waals surface area contributed by atoms with E-state index < -0.39 is 0 Å². The van der Waals surface area contributed by atoms with Gasteiger partial charge in [-0.2, -0.15) is 5.10 Å². The Morgan fingerprint density at radius 3 is 2.42 bits per heavy atom. The van der Waals surface area contributed by atoms with Crippen LogP contribution in [0.4, 0.5) is 0 Å². The highest BCUT2D eigenvalue weighted by molar-refractivity contribution is 5.79. The van der Waals surface area contributed by atoms with Crippen LogP contribution in [0.15, 0.2) is 24.3 Å². The van der Waals surface area contributed by atoms with E-state index in [0.29, 0.717) is 13.0 Å². The smallest absolute Gasteiger partial charge is 0.224 e. The monoisotopic (exact) mass is 356 g/mol. The van der Waals surface area contributed by atoms with Gasteiger partial charge in [-0.15, -0.1) is 0 Å². The second-order valence-electron chi connectivity index (χ2n) is 6.93. The molecule has 3 rings (SSSR count). The molecule has 1 aliphatic heterocycles. The molecule has 6 heteroatoms. The molecule has 0 atom stereocenters. The summed E-state index contributed by atoms with van der Waals surface area (Å²) in [4.78, 5) is 14.7. The lowest BCUT2D eigenvalue weighted by Gasteiger charge is -2.26. The van der Waals surface area contributed by atoms with Crippen molar-refractivity contribution in [2.75, 3.05) is 26.3 Å². The van der Waals surface area contributed by atoms with Crippen molar-refractivity contribution < 1.29 is 9.53 Å². The van der Waals surface area contributed by atoms with Crippen molar-refractivity contribution in [2.45, 2.75) is 33.4 Å². The number of carbonyl (C=O) groups excluding carboxylic acids is 1. The highest BCUT2D eigenvalue weighted by atomic mass is 16.5. The third-order valence-corrected chi connectivity index (χ3v) is 5.02. The van der Waals surface area contributed by atoms with Gasteiger partial charge < -0.3 is 10.1 Å². The summed E-state index contributed by atoms with van der Waals surface area (Å²) < 4.78 is 7.21. The number of hydrogen-bond acceptors (Lipinski definition) is 4. The normalized spacial score (nSPS) is 15.2. The summed E-state index contributed by atoms with van der Waals surface area (Å²) in [5.41, 5.74) is 5.40. The second kappa shape index (κ2) is 8.47. The lowest BCUT2D eigenvalue weighted by molar-refractivity contribution is -0.120. The molecule has 0 aliphatic carbocycles. The van der Waals surface area contributed by atoms with Crippen molar-refractivity contribution in [3.05, 3.63) is 52.3 Å². The average molecular weight is 356 g/mol. The molecule has 2 aromatic rings. The third-order valence-electron chi connectivity index (χ3n) is 5.02. The molecule has 0 unspecified atom stereocenters. The van der Waals surface area contributed by atoms with Crippen molar-refractivity contribution in [3.8, 4) is 0 Å². The first-order valence-corrected chi connectivity index (χ1v) is 9.16. The number of amides is 1. The van der Waals surface area contributed by atoms with E-state index in [9.17, 15) is 4.79 Å². The molecule has 1 aliphatic rings. The molecule has 0 bridgehead atoms. The molecule has 6 nitrogen and oxygen atoms in total. The van der Waals surface area contributed by atoms with Gasteiger partial charge in [0.15, 0.2) is 0 Å². The molecule has 0 spiro atoms. The topological polar surface area (TPSA) is 59.4 Å². The Hall–Kier alpha value is -2.18. The predicted octanol–water partition coefficient (Wildman–Crippen LogP) is 1.73. The number of carbonyl (C=O) groups is 1. The Bertz CT molecular complexity index is 746. The van der Waals surface area contributed by atoms with Gasteiger partial charge in [-0.3, -0.25) is 14.4 Å². The van der Waals surface area contributed by atoms with Gasteiger partial charge in [0, 0.05) is 44.5 Å². The van der Waals surface area contributed by atoms with Crippen LogP contribution in [0.3, 0.4) is 0 Å². The minimum atomic E-state index is 0.0293. The van der Waals surface area contributed by atoms with E-state index in [-0.39, 0.29) is 5.91 Å². The van der Waals surface area contributed by atoms with Gasteiger partial charge in [-0.05, 0) is 25.0 Å². The first-order valence-electron chi connectivity index (χ1n) is 9.16. The van der Waals surface area contributed by atoms with Gasteiger partial charge in [-0.25, -0.2) is 0 Å². The predicted molar refractivity (Wildman–Crippen MR) is 101 cm³/mol. The Labute approximate surface area is 155 Å². The van der Waals surface area contributed by atoms with Crippen molar-refractivity contribution in [3.63, 3.8) is 0 Å². The fraction of sp³-hybridized carbons (Fsp3) is 0.500. The van der Waals surface area contributed by atoms with Crippen LogP contribution in [0, 0.1) is 13.8 Å². The van der Waals surface area contributed by atoms with E-state index in [1.165, 1.54) is 5.56 Å². The maximum Gasteiger partial charge on any atom is 0.224 e. The zero-order valence-corrected chi connectivity index (χ0v) is 15.9. The number of aryl methyl sites for hydroxylation is 2. The van der Waals surface area contributed by atoms with Gasteiger partial charge in [0.2, 0.25) is 5.91 Å². The summed E-state index contributed by atoms with van der Waals surface area (Å²) in [5.74, 6) is 0.0293. The Morgan fingerprint density at radius 1 is 1.15 bits per heavy atom. The highest BCUT2D eigenvalue weighted by Gasteiger charge is 2.13. The van der Waals surface area contributed by atoms with Crippen LogP contribution in [0.1, 0.15) is 28.1 Å². The van der Waals surface area contributed by atoms with E-state index in [1.807, 2.05) is 25.6 Å². The average Bonchev–Trinajstić information content (AvgIpc) is 2.88. The minimum absolute atomic E-state index is 0.0293. The Balaban J connectivity index is 1.49. The summed E-state index contributed by atoms with van der Waals surface area (Å²) >= 11 is 0. The van der Waals surface area contributed by atoms with Crippen LogP contribution < -0.4 is 5.32 Å². The molecular formula is C20H28N4O2. The van der Waals surface area contributed by atoms with Gasteiger partial charge in [0.05, 0.1) is 25.3 Å². The number of benzene rings is 1. The highest BCUT2D eigenvalue weighted by Crippen LogP contribution is 2.13. The van der Waals surface area contributed by atoms with E-state index in [1.54, 1.807) is 0 Å². The van der Waals surface area contributed by atoms with E-state index in [4.69, 9.17) is 4.74 Å². The molecular weight excluding hydrogens is 328 g/mol. The second-order valence-corrected chi connectivity index (χ2v) is 6.93. The number of rotatable bonds is 6. The fourth-order valence-electron chi connectivity index (χ4n) is 3.28. The number of nitrogens with one attached hydrogen (secondary N) is 1. The van der Waals surface area contributed by atoms with Crippen molar-refractivity contribution >= 4 is 5.91 Å². The Morgan fingerprint density at radius 2 is 1.81 bits per heavy atom. The first-order chi connectivity index (χ1) is 12.5. The van der Waals surface area contributed by atoms with Crippen LogP contribution in [-0.4, -0.2) is 46.9 Å². The number of nitrogens with zero attached hydrogens (tertiary/aromatic N) is 3. The molecule has 2 heterocycles. The number of hydrogen-bond donors (Lipinski definition) is 1. The van der Waals surface area contributed by atoms with E-state index in [0.717, 1.165) is 55.4 Å². The van der Waals surface area contributed by atoms with Crippen LogP contribution in [-0.2, 0) is 36.1 Å². The molecule has 0 saturated carbocycles. The van der Waals surface area contributed by atoms with Gasteiger partial charge in [0.1, 0.15) is 0 Å². The van der Waals surface area contributed by atoms with E-state index >= 15 is 0 Å². The summed E-state index contributed by atoms with van der Waals surface area (Å²) in [7, 11) is 1.90. The molecule has 1 aromatic carbocycles. The van der Waals surface area contributed by atoms with E-state index in [2.05, 4.69) is 39.6 Å². The molecule has 140 valence electrons. The third kappa shape index (κ3) is 4.71. The Kier molecular flexibility index (Phi) is 6.06. The van der Waals surface area contributed by atoms with Crippen LogP contribution in [0.5, 0.6) is 0 Å². The fourth-order valence-corrected chi connectivity index (χ4v) is 3.28. The quantitative estimate of drug-likeness (QED) is 0.856. The molecule has 1 fully saturated rings. The zero-order chi connectivity index (χ0) is 18.5. The maximum absolute atomic E-state index is 12.3. The van der Waals surface area contributed by atoms with Gasteiger partial charge in [0.25, 0.3) is 0 Å². The van der Waals surface area contributed by atoms with Crippen molar-refractivity contribution in [2.24, 2.45) is 7.05 Å². The van der Waals surface area contributed by atoms with Crippen LogP contribution in [0.2, 0.25) is 0 Å². The summed E-state index contributed by atoms with van der Waals surface area (Å²) in [6.07, 6.45) is 0.376. The number of ether oxygens (including phenoxy) is 1. The first kappa shape index (κ1) is 18.6. The minimum Gasteiger partial charge on any atom is -0.379 e. The maximum atomic E-state index is 12.3. The molecule has 1 saturated heterocycles. The zero-order valence-electron chi connectivity index (χ0n) is 15.9. The summed E-state index contributed by atoms with van der Waals surface area (Å²) in [6, 6.07) is 8.48. The van der Waals surface area contributed by atoms with Gasteiger partial charge in [-0.1, -0.05) is 24.3 Å². The molecule has 1 amide bonds. The molecule has 1 aromatic heterocycles. The molecule has 1 N–H and O–H groups in total. The molecule has 26 heavy (non-hydrogen) atoms. The van der Waals surface area contributed by atoms with Crippen molar-refractivity contribution in [1.29, 1.82) is 0 Å². The SMILES string of the molecule is Cc1nn(C)c(C)c1CC(=O)NCc1ccc(CN2CCOCC2)cc1. The summed E-state index contributed by atoms with van der Waals surface area (Å²) in [5, 5.41) is 7.37. The van der Waals surface area contributed by atoms with Crippen molar-refractivity contribution in [1.82, 2.24) is 20.0 Å². The number of morpholine rings is 1. The number of aromatic nitrogens is 2. The van der Waals surface area contributed by atoms with Gasteiger partial charge >= 0.3 is 0 Å². The molecule has 0 radical (unpaired) electrons. The standard InChI is InChI=1S/C20H28N4O2/c1-15-19(16(2)23(3)22-15)12-20(25)21-13-17-4-6-18(7-5-17)14-24-8-10-26-11-9-24/h4-7H,8-14H2,1-3H3,(H,21,25). The lowest BCUT2D eigenvalue weighted by atomic mass is 10.1. The van der Waals surface area contributed by atoms with Crippen LogP contribution >= 0.6 is 0 Å².